The first-order valence-corrected chi connectivity index (χ1v) is 17.0. The number of amides is 3. The van der Waals surface area contributed by atoms with Crippen molar-refractivity contribution in [3.05, 3.63) is 155 Å². The zero-order valence-corrected chi connectivity index (χ0v) is 29.1. The van der Waals surface area contributed by atoms with Crippen molar-refractivity contribution in [2.75, 3.05) is 24.9 Å². The van der Waals surface area contributed by atoms with Crippen LogP contribution in [0.5, 0.6) is 11.5 Å². The molecular formula is C41H39N3O5S. The van der Waals surface area contributed by atoms with Crippen molar-refractivity contribution in [2.45, 2.75) is 29.9 Å². The lowest BCUT2D eigenvalue weighted by atomic mass is 10.0. The number of rotatable bonds is 13. The van der Waals surface area contributed by atoms with Crippen LogP contribution in [0.2, 0.25) is 0 Å². The van der Waals surface area contributed by atoms with Crippen molar-refractivity contribution >= 4 is 46.9 Å². The lowest BCUT2D eigenvalue weighted by Crippen LogP contribution is -2.30. The van der Waals surface area contributed by atoms with Crippen molar-refractivity contribution in [2.24, 2.45) is 0 Å². The smallest absolute Gasteiger partial charge is 0.272 e. The normalized spacial score (nSPS) is 11.7. The topological polar surface area (TPSA) is 106 Å². The van der Waals surface area contributed by atoms with E-state index >= 15 is 0 Å². The summed E-state index contributed by atoms with van der Waals surface area (Å²) in [7, 11) is 3.07. The Balaban J connectivity index is 1.39. The zero-order chi connectivity index (χ0) is 35.5. The summed E-state index contributed by atoms with van der Waals surface area (Å²) in [4.78, 5) is 41.5. The van der Waals surface area contributed by atoms with Crippen LogP contribution in [-0.2, 0) is 9.59 Å². The summed E-state index contributed by atoms with van der Waals surface area (Å²) in [6, 6.07) is 38.5. The van der Waals surface area contributed by atoms with E-state index in [9.17, 15) is 14.4 Å². The number of carbonyl (C=O) groups is 3. The fraction of sp³-hybridized carbons (Fsp3) is 0.146. The molecule has 3 N–H and O–H groups in total. The Morgan fingerprint density at radius 3 is 2.04 bits per heavy atom. The Morgan fingerprint density at radius 1 is 0.680 bits per heavy atom. The maximum Gasteiger partial charge on any atom is 0.272 e. The third kappa shape index (κ3) is 9.42. The van der Waals surface area contributed by atoms with Gasteiger partial charge in [-0.1, -0.05) is 80.6 Å². The molecule has 5 rings (SSSR count). The van der Waals surface area contributed by atoms with Gasteiger partial charge in [-0.05, 0) is 77.7 Å². The van der Waals surface area contributed by atoms with Gasteiger partial charge in [-0.15, -0.1) is 11.8 Å². The second kappa shape index (κ2) is 17.0. The SMILES string of the molecule is COc1ccc(/C=C(/NC(=O)c2ccccc2)C(=O)Nc2cccc(SC(C(=O)Nc3ccc(C(C)C)cc3)c3ccccc3)c2)c(OC)c1. The Kier molecular flexibility index (Phi) is 12.1. The van der Waals surface area contributed by atoms with Gasteiger partial charge in [0.25, 0.3) is 11.8 Å². The molecular weight excluding hydrogens is 647 g/mol. The van der Waals surface area contributed by atoms with Crippen LogP contribution in [-0.4, -0.2) is 31.9 Å². The molecule has 5 aromatic carbocycles. The van der Waals surface area contributed by atoms with Crippen LogP contribution in [0.4, 0.5) is 11.4 Å². The molecule has 8 nitrogen and oxygen atoms in total. The van der Waals surface area contributed by atoms with Crippen LogP contribution in [0.1, 0.15) is 52.1 Å². The van der Waals surface area contributed by atoms with Gasteiger partial charge in [0.15, 0.2) is 0 Å². The third-order valence-electron chi connectivity index (χ3n) is 7.80. The molecule has 3 amide bonds. The molecule has 1 atom stereocenters. The van der Waals surface area contributed by atoms with Crippen molar-refractivity contribution in [1.82, 2.24) is 5.32 Å². The van der Waals surface area contributed by atoms with Gasteiger partial charge in [-0.2, -0.15) is 0 Å². The standard InChI is InChI=1S/C41H39N3O5S/c1-27(2)28-18-21-32(22-19-28)42-41(47)38(29-12-7-5-8-13-29)50-35-17-11-16-33(25-35)43-40(46)36(44-39(45)30-14-9-6-10-15-30)24-31-20-23-34(48-3)26-37(31)49-4/h5-27,38H,1-4H3,(H,42,47)(H,43,46)(H,44,45)/b36-24+. The first kappa shape index (κ1) is 35.5. The third-order valence-corrected chi connectivity index (χ3v) is 9.05. The molecule has 0 aromatic heterocycles. The van der Waals surface area contributed by atoms with E-state index in [0.717, 1.165) is 10.5 Å². The molecule has 0 fully saturated rings. The van der Waals surface area contributed by atoms with Crippen LogP contribution >= 0.6 is 11.8 Å². The lowest BCUT2D eigenvalue weighted by molar-refractivity contribution is -0.116. The van der Waals surface area contributed by atoms with Gasteiger partial charge in [-0.25, -0.2) is 0 Å². The first-order valence-electron chi connectivity index (χ1n) is 16.1. The van der Waals surface area contributed by atoms with Gasteiger partial charge >= 0.3 is 0 Å². The van der Waals surface area contributed by atoms with E-state index in [1.54, 1.807) is 73.8 Å². The van der Waals surface area contributed by atoms with E-state index < -0.39 is 17.1 Å². The fourth-order valence-corrected chi connectivity index (χ4v) is 6.16. The predicted molar refractivity (Wildman–Crippen MR) is 201 cm³/mol. The summed E-state index contributed by atoms with van der Waals surface area (Å²) in [5.74, 6) is 0.269. The molecule has 5 aromatic rings. The number of benzene rings is 5. The van der Waals surface area contributed by atoms with E-state index in [1.807, 2.05) is 66.7 Å². The average molecular weight is 686 g/mol. The van der Waals surface area contributed by atoms with Crippen molar-refractivity contribution in [3.8, 4) is 11.5 Å². The average Bonchev–Trinajstić information content (AvgIpc) is 3.14. The van der Waals surface area contributed by atoms with Gasteiger partial charge < -0.3 is 25.4 Å². The van der Waals surface area contributed by atoms with E-state index in [2.05, 4.69) is 29.8 Å². The number of carbonyl (C=O) groups excluding carboxylic acids is 3. The van der Waals surface area contributed by atoms with Crippen LogP contribution in [0.25, 0.3) is 6.08 Å². The second-order valence-electron chi connectivity index (χ2n) is 11.6. The maximum atomic E-state index is 13.8. The Morgan fingerprint density at radius 2 is 1.38 bits per heavy atom. The molecule has 0 aliphatic heterocycles. The predicted octanol–water partition coefficient (Wildman–Crippen LogP) is 8.71. The molecule has 1 unspecified atom stereocenters. The molecule has 0 bridgehead atoms. The molecule has 0 aliphatic rings. The summed E-state index contributed by atoms with van der Waals surface area (Å²) < 4.78 is 10.8. The highest BCUT2D eigenvalue weighted by atomic mass is 32.2. The van der Waals surface area contributed by atoms with Crippen molar-refractivity contribution in [3.63, 3.8) is 0 Å². The number of methoxy groups -OCH3 is 2. The van der Waals surface area contributed by atoms with E-state index in [0.29, 0.717) is 39.9 Å². The number of hydrogen-bond donors (Lipinski definition) is 3. The molecule has 0 saturated heterocycles. The van der Waals surface area contributed by atoms with E-state index in [4.69, 9.17) is 9.47 Å². The minimum absolute atomic E-state index is 0.00500. The largest absolute Gasteiger partial charge is 0.497 e. The molecule has 0 saturated carbocycles. The molecule has 50 heavy (non-hydrogen) atoms. The molecule has 9 heteroatoms. The van der Waals surface area contributed by atoms with E-state index in [-0.39, 0.29) is 11.6 Å². The molecule has 0 aliphatic carbocycles. The summed E-state index contributed by atoms with van der Waals surface area (Å²) in [5, 5.41) is 8.17. The van der Waals surface area contributed by atoms with Crippen LogP contribution in [0, 0.1) is 0 Å². The quantitative estimate of drug-likeness (QED) is 0.0846. The summed E-state index contributed by atoms with van der Waals surface area (Å²) in [6.07, 6.45) is 1.55. The van der Waals surface area contributed by atoms with Gasteiger partial charge in [-0.3, -0.25) is 14.4 Å². The number of hydrogen-bond acceptors (Lipinski definition) is 6. The highest BCUT2D eigenvalue weighted by Gasteiger charge is 2.23. The van der Waals surface area contributed by atoms with E-state index in [1.165, 1.54) is 24.4 Å². The molecule has 0 spiro atoms. The van der Waals surface area contributed by atoms with Gasteiger partial charge in [0.1, 0.15) is 22.4 Å². The van der Waals surface area contributed by atoms with Crippen LogP contribution in [0.3, 0.4) is 0 Å². The van der Waals surface area contributed by atoms with Gasteiger partial charge in [0, 0.05) is 33.5 Å². The molecule has 0 heterocycles. The Bertz CT molecular complexity index is 1960. The number of nitrogens with one attached hydrogen (secondary N) is 3. The highest BCUT2D eigenvalue weighted by Crippen LogP contribution is 2.37. The minimum atomic E-state index is -0.574. The number of anilines is 2. The fourth-order valence-electron chi connectivity index (χ4n) is 5.08. The summed E-state index contributed by atoms with van der Waals surface area (Å²) in [5.41, 5.74) is 4.19. The summed E-state index contributed by atoms with van der Waals surface area (Å²) >= 11 is 1.37. The Labute approximate surface area is 296 Å². The van der Waals surface area contributed by atoms with Crippen LogP contribution < -0.4 is 25.4 Å². The molecule has 0 radical (unpaired) electrons. The van der Waals surface area contributed by atoms with Crippen molar-refractivity contribution in [1.29, 1.82) is 0 Å². The monoisotopic (exact) mass is 685 g/mol. The Hall–Kier alpha value is -5.80. The maximum absolute atomic E-state index is 13.8. The summed E-state index contributed by atoms with van der Waals surface area (Å²) in [6.45, 7) is 4.25. The second-order valence-corrected chi connectivity index (χ2v) is 12.8. The van der Waals surface area contributed by atoms with Gasteiger partial charge in [0.2, 0.25) is 5.91 Å². The molecule has 254 valence electrons. The van der Waals surface area contributed by atoms with Gasteiger partial charge in [0.05, 0.1) is 14.2 Å². The number of thioether (sulfide) groups is 1. The lowest BCUT2D eigenvalue weighted by Gasteiger charge is -2.18. The zero-order valence-electron chi connectivity index (χ0n) is 28.3. The van der Waals surface area contributed by atoms with Crippen LogP contribution in [0.15, 0.2) is 138 Å². The number of ether oxygens (including phenoxy) is 2. The first-order chi connectivity index (χ1) is 24.2. The van der Waals surface area contributed by atoms with Crippen molar-refractivity contribution < 1.29 is 23.9 Å². The minimum Gasteiger partial charge on any atom is -0.497 e. The highest BCUT2D eigenvalue weighted by molar-refractivity contribution is 8.00.